The van der Waals surface area contributed by atoms with Crippen molar-refractivity contribution in [1.29, 1.82) is 0 Å². The van der Waals surface area contributed by atoms with E-state index in [0.717, 1.165) is 34.0 Å². The molecule has 4 rings (SSSR count). The maximum atomic E-state index is 13.2. The van der Waals surface area contributed by atoms with Crippen molar-refractivity contribution in [3.63, 3.8) is 0 Å². The molecule has 3 heterocycles. The Balaban J connectivity index is 1.48. The zero-order valence-electron chi connectivity index (χ0n) is 17.5. The minimum absolute atomic E-state index is 0.0469. The summed E-state index contributed by atoms with van der Waals surface area (Å²) in [7, 11) is 1.84. The number of H-pyrrole nitrogens is 1. The van der Waals surface area contributed by atoms with Gasteiger partial charge in [0.1, 0.15) is 0 Å². The van der Waals surface area contributed by atoms with Crippen molar-refractivity contribution >= 4 is 22.2 Å². The number of nitrogens with zero attached hydrogens (tertiary/aromatic N) is 4. The molecule has 1 amide bonds. The second-order valence-electron chi connectivity index (χ2n) is 7.44. The summed E-state index contributed by atoms with van der Waals surface area (Å²) in [6.07, 6.45) is 2.79. The normalized spacial score (nSPS) is 11.3. The van der Waals surface area contributed by atoms with E-state index in [4.69, 9.17) is 0 Å². The molecule has 30 heavy (non-hydrogen) atoms. The maximum absolute atomic E-state index is 13.2. The number of likely N-dealkylation sites (N-methyl/N-ethyl adjacent to an activating group) is 1. The third kappa shape index (κ3) is 4.15. The highest BCUT2D eigenvalue weighted by molar-refractivity contribution is 7.15. The van der Waals surface area contributed by atoms with Gasteiger partial charge in [0.2, 0.25) is 0 Å². The van der Waals surface area contributed by atoms with Crippen LogP contribution in [0, 0.1) is 13.8 Å². The van der Waals surface area contributed by atoms with Crippen LogP contribution in [-0.4, -0.2) is 44.0 Å². The molecule has 0 bridgehead atoms. The molecule has 0 fully saturated rings. The molecule has 0 unspecified atom stereocenters. The van der Waals surface area contributed by atoms with Gasteiger partial charge in [-0.3, -0.25) is 14.3 Å². The highest BCUT2D eigenvalue weighted by atomic mass is 32.1. The van der Waals surface area contributed by atoms with E-state index >= 15 is 0 Å². The van der Waals surface area contributed by atoms with Gasteiger partial charge in [-0.05, 0) is 25.8 Å². The number of carbonyl (C=O) groups is 1. The van der Waals surface area contributed by atoms with Gasteiger partial charge in [-0.25, -0.2) is 4.98 Å². The highest BCUT2D eigenvalue weighted by Gasteiger charge is 2.22. The van der Waals surface area contributed by atoms with E-state index < -0.39 is 0 Å². The second kappa shape index (κ2) is 8.81. The Morgan fingerprint density at radius 3 is 2.77 bits per heavy atom. The monoisotopic (exact) mass is 422 g/mol. The van der Waals surface area contributed by atoms with Crippen LogP contribution in [0.5, 0.6) is 0 Å². The van der Waals surface area contributed by atoms with Gasteiger partial charge >= 0.3 is 0 Å². The Labute approximate surface area is 179 Å². The van der Waals surface area contributed by atoms with Gasteiger partial charge in [-0.1, -0.05) is 30.3 Å². The minimum atomic E-state index is -0.0469. The first-order chi connectivity index (χ1) is 14.5. The number of imidazole rings is 1. The summed E-state index contributed by atoms with van der Waals surface area (Å²) in [5.41, 5.74) is 5.84. The topological polar surface area (TPSA) is 78.3 Å². The lowest BCUT2D eigenvalue weighted by molar-refractivity contribution is 0.0790. The molecule has 0 aliphatic heterocycles. The molecule has 3 aromatic heterocycles. The molecule has 0 saturated carbocycles. The molecule has 1 aromatic carbocycles. The fraction of sp³-hybridized carbons (Fsp3) is 0.318. The average molecular weight is 423 g/mol. The Morgan fingerprint density at radius 2 is 2.03 bits per heavy atom. The van der Waals surface area contributed by atoms with Gasteiger partial charge in [0.25, 0.3) is 5.91 Å². The fourth-order valence-electron chi connectivity index (χ4n) is 3.54. The average Bonchev–Trinajstić information content (AvgIpc) is 3.43. The van der Waals surface area contributed by atoms with Crippen LogP contribution in [0.1, 0.15) is 38.7 Å². The van der Waals surface area contributed by atoms with Crippen molar-refractivity contribution in [2.24, 2.45) is 0 Å². The molecule has 156 valence electrons. The number of thiazole rings is 1. The van der Waals surface area contributed by atoms with Crippen molar-refractivity contribution in [3.05, 3.63) is 75.8 Å². The number of aryl methyl sites for hydroxylation is 2. The number of aromatic amines is 1. The zero-order chi connectivity index (χ0) is 21.1. The molecule has 0 aliphatic rings. The maximum Gasteiger partial charge on any atom is 0.274 e. The number of rotatable bonds is 8. The number of benzene rings is 1. The van der Waals surface area contributed by atoms with Crippen LogP contribution in [-0.2, 0) is 19.5 Å². The van der Waals surface area contributed by atoms with Crippen molar-refractivity contribution in [2.75, 3.05) is 13.6 Å². The fourth-order valence-corrected chi connectivity index (χ4v) is 4.27. The number of carbonyl (C=O) groups excluding carboxylic acids is 1. The van der Waals surface area contributed by atoms with Crippen LogP contribution in [0.2, 0.25) is 0 Å². The van der Waals surface area contributed by atoms with Gasteiger partial charge in [0.15, 0.2) is 10.7 Å². The van der Waals surface area contributed by atoms with Crippen molar-refractivity contribution in [2.45, 2.75) is 33.4 Å². The molecule has 7 nitrogen and oxygen atoms in total. The molecule has 0 saturated heterocycles. The van der Waals surface area contributed by atoms with Crippen molar-refractivity contribution in [1.82, 2.24) is 29.8 Å². The number of nitrogens with one attached hydrogen (secondary N) is 2. The highest BCUT2D eigenvalue weighted by Crippen LogP contribution is 2.19. The first kappa shape index (κ1) is 20.3. The van der Waals surface area contributed by atoms with Gasteiger partial charge in [-0.2, -0.15) is 5.10 Å². The molecular formula is C22H26N6OS. The second-order valence-corrected chi connectivity index (χ2v) is 8.31. The molecule has 0 atom stereocenters. The first-order valence-corrected chi connectivity index (χ1v) is 10.9. The van der Waals surface area contributed by atoms with E-state index in [2.05, 4.69) is 32.6 Å². The first-order valence-electron chi connectivity index (χ1n) is 9.99. The van der Waals surface area contributed by atoms with E-state index in [1.54, 1.807) is 4.90 Å². The largest absolute Gasteiger partial charge is 0.340 e. The van der Waals surface area contributed by atoms with Gasteiger partial charge < -0.3 is 10.2 Å². The van der Waals surface area contributed by atoms with E-state index in [0.29, 0.717) is 25.3 Å². The molecule has 8 heteroatoms. The predicted molar refractivity (Wildman–Crippen MR) is 119 cm³/mol. The Hall–Kier alpha value is -2.97. The van der Waals surface area contributed by atoms with Gasteiger partial charge in [0, 0.05) is 49.5 Å². The summed E-state index contributed by atoms with van der Waals surface area (Å²) in [4.78, 5) is 20.4. The number of aromatic nitrogens is 4. The smallest absolute Gasteiger partial charge is 0.274 e. The molecule has 0 radical (unpaired) electrons. The number of amides is 1. The van der Waals surface area contributed by atoms with E-state index in [-0.39, 0.29) is 5.91 Å². The third-order valence-electron chi connectivity index (χ3n) is 5.36. The number of fused-ring (bicyclic) bond motifs is 1. The summed E-state index contributed by atoms with van der Waals surface area (Å²) in [5.74, 6) is -0.0469. The Kier molecular flexibility index (Phi) is 5.96. The molecule has 0 aliphatic carbocycles. The summed E-state index contributed by atoms with van der Waals surface area (Å²) in [5, 5.41) is 12.7. The van der Waals surface area contributed by atoms with Crippen LogP contribution in [0.15, 0.2) is 41.9 Å². The van der Waals surface area contributed by atoms with E-state index in [9.17, 15) is 4.79 Å². The quantitative estimate of drug-likeness (QED) is 0.457. The lowest BCUT2D eigenvalue weighted by Gasteiger charge is -2.17. The Bertz CT molecular complexity index is 1120. The van der Waals surface area contributed by atoms with Gasteiger partial charge in [-0.15, -0.1) is 11.3 Å². The lowest BCUT2D eigenvalue weighted by atomic mass is 10.1. The molecule has 4 aromatic rings. The number of hydrogen-bond donors (Lipinski definition) is 2. The third-order valence-corrected chi connectivity index (χ3v) is 6.12. The Morgan fingerprint density at radius 1 is 1.23 bits per heavy atom. The van der Waals surface area contributed by atoms with E-state index in [1.165, 1.54) is 16.9 Å². The van der Waals surface area contributed by atoms with Crippen molar-refractivity contribution in [3.8, 4) is 0 Å². The standard InChI is InChI=1S/C22H26N6OS/c1-15-18(16(2)26-25-15)13-23-14-19-20(24-22-28(19)11-12-30-22)21(29)27(3)10-9-17-7-5-4-6-8-17/h4-8,11-12,23H,9-10,13-14H2,1-3H3,(H,25,26). The molecular weight excluding hydrogens is 396 g/mol. The number of hydrogen-bond acceptors (Lipinski definition) is 5. The van der Waals surface area contributed by atoms with E-state index in [1.807, 2.05) is 55.1 Å². The summed E-state index contributed by atoms with van der Waals surface area (Å²) in [6.45, 7) is 5.89. The molecule has 2 N–H and O–H groups in total. The molecule has 0 spiro atoms. The van der Waals surface area contributed by atoms with Crippen LogP contribution in [0.25, 0.3) is 4.96 Å². The summed E-state index contributed by atoms with van der Waals surface area (Å²) < 4.78 is 2.00. The van der Waals surface area contributed by atoms with Crippen LogP contribution in [0.4, 0.5) is 0 Å². The summed E-state index contributed by atoms with van der Waals surface area (Å²) in [6, 6.07) is 10.2. The zero-order valence-corrected chi connectivity index (χ0v) is 18.3. The lowest BCUT2D eigenvalue weighted by Crippen LogP contribution is -2.30. The summed E-state index contributed by atoms with van der Waals surface area (Å²) >= 11 is 1.54. The van der Waals surface area contributed by atoms with Crippen molar-refractivity contribution < 1.29 is 4.79 Å². The van der Waals surface area contributed by atoms with Gasteiger partial charge in [0.05, 0.1) is 11.4 Å². The van der Waals surface area contributed by atoms with Crippen LogP contribution in [0.3, 0.4) is 0 Å². The SMILES string of the molecule is Cc1n[nH]c(C)c1CNCc1c(C(=O)N(C)CCc2ccccc2)nc2sccn12. The predicted octanol–water partition coefficient (Wildman–Crippen LogP) is 3.34. The minimum Gasteiger partial charge on any atom is -0.340 e. The van der Waals surface area contributed by atoms with Crippen LogP contribution >= 0.6 is 11.3 Å². The van der Waals surface area contributed by atoms with Crippen LogP contribution < -0.4 is 5.32 Å².